The van der Waals surface area contributed by atoms with Gasteiger partial charge in [-0.2, -0.15) is 0 Å². The summed E-state index contributed by atoms with van der Waals surface area (Å²) in [5.41, 5.74) is 2.20. The number of ether oxygens (including phenoxy) is 1. The SMILES string of the molecule is CN=C(NCc1ccc(OC)c(C)c1)NC(C)CCS(C)(=O)=O.I. The highest BCUT2D eigenvalue weighted by atomic mass is 127. The number of benzene rings is 1. The minimum Gasteiger partial charge on any atom is -0.496 e. The minimum absolute atomic E-state index is 0. The molecule has 0 spiro atoms. The molecule has 1 rings (SSSR count). The van der Waals surface area contributed by atoms with Gasteiger partial charge in [-0.05, 0) is 37.5 Å². The van der Waals surface area contributed by atoms with Crippen LogP contribution in [-0.2, 0) is 16.4 Å². The molecule has 0 amide bonds. The Morgan fingerprint density at radius 1 is 1.38 bits per heavy atom. The molecular weight excluding hydrogens is 441 g/mol. The molecule has 0 saturated heterocycles. The molecular formula is C16H28IN3O3S. The molecule has 1 unspecified atom stereocenters. The van der Waals surface area contributed by atoms with E-state index in [0.717, 1.165) is 16.9 Å². The Hall–Kier alpha value is -1.03. The van der Waals surface area contributed by atoms with Crippen molar-refractivity contribution >= 4 is 39.8 Å². The van der Waals surface area contributed by atoms with Gasteiger partial charge in [-0.1, -0.05) is 12.1 Å². The lowest BCUT2D eigenvalue weighted by molar-refractivity contribution is 0.411. The van der Waals surface area contributed by atoms with Crippen molar-refractivity contribution in [3.8, 4) is 5.75 Å². The van der Waals surface area contributed by atoms with Crippen LogP contribution in [0, 0.1) is 6.92 Å². The normalized spacial score (nSPS) is 13.0. The number of guanidine groups is 1. The molecule has 8 heteroatoms. The van der Waals surface area contributed by atoms with Crippen molar-refractivity contribution in [2.75, 3.05) is 26.2 Å². The zero-order valence-electron chi connectivity index (χ0n) is 14.9. The highest BCUT2D eigenvalue weighted by Gasteiger charge is 2.09. The first-order chi connectivity index (χ1) is 10.7. The van der Waals surface area contributed by atoms with Crippen LogP contribution in [0.25, 0.3) is 0 Å². The Bertz CT molecular complexity index is 648. The molecule has 2 N–H and O–H groups in total. The zero-order valence-corrected chi connectivity index (χ0v) is 18.1. The largest absolute Gasteiger partial charge is 0.496 e. The minimum atomic E-state index is -2.94. The smallest absolute Gasteiger partial charge is 0.191 e. The highest BCUT2D eigenvalue weighted by molar-refractivity contribution is 14.0. The maximum atomic E-state index is 11.2. The van der Waals surface area contributed by atoms with Gasteiger partial charge in [0.2, 0.25) is 0 Å². The summed E-state index contributed by atoms with van der Waals surface area (Å²) in [7, 11) is 0.408. The molecule has 6 nitrogen and oxygen atoms in total. The lowest BCUT2D eigenvalue weighted by atomic mass is 10.1. The van der Waals surface area contributed by atoms with Gasteiger partial charge in [-0.3, -0.25) is 4.99 Å². The Balaban J connectivity index is 0.00000529. The van der Waals surface area contributed by atoms with Gasteiger partial charge >= 0.3 is 0 Å². The number of hydrogen-bond acceptors (Lipinski definition) is 4. The number of nitrogens with zero attached hydrogens (tertiary/aromatic N) is 1. The van der Waals surface area contributed by atoms with Crippen LogP contribution in [0.2, 0.25) is 0 Å². The third-order valence-electron chi connectivity index (χ3n) is 3.45. The summed E-state index contributed by atoms with van der Waals surface area (Å²) in [4.78, 5) is 4.16. The third kappa shape index (κ3) is 8.72. The van der Waals surface area contributed by atoms with Crippen LogP contribution in [0.5, 0.6) is 5.75 Å². The van der Waals surface area contributed by atoms with Crippen LogP contribution in [0.1, 0.15) is 24.5 Å². The van der Waals surface area contributed by atoms with Crippen LogP contribution >= 0.6 is 24.0 Å². The molecule has 0 bridgehead atoms. The summed E-state index contributed by atoms with van der Waals surface area (Å²) < 4.78 is 27.7. The average molecular weight is 469 g/mol. The first-order valence-corrected chi connectivity index (χ1v) is 9.59. The van der Waals surface area contributed by atoms with Crippen molar-refractivity contribution in [1.82, 2.24) is 10.6 Å². The summed E-state index contributed by atoms with van der Waals surface area (Å²) in [6.07, 6.45) is 1.79. The number of nitrogens with one attached hydrogen (secondary N) is 2. The van der Waals surface area contributed by atoms with E-state index in [9.17, 15) is 8.42 Å². The lowest BCUT2D eigenvalue weighted by Gasteiger charge is -2.18. The van der Waals surface area contributed by atoms with E-state index in [-0.39, 0.29) is 35.8 Å². The number of halogens is 1. The van der Waals surface area contributed by atoms with E-state index in [2.05, 4.69) is 21.7 Å². The van der Waals surface area contributed by atoms with Crippen molar-refractivity contribution in [2.45, 2.75) is 32.9 Å². The van der Waals surface area contributed by atoms with E-state index in [1.54, 1.807) is 14.2 Å². The van der Waals surface area contributed by atoms with E-state index >= 15 is 0 Å². The summed E-state index contributed by atoms with van der Waals surface area (Å²) in [6, 6.07) is 6.02. The van der Waals surface area contributed by atoms with Gasteiger partial charge in [0.1, 0.15) is 15.6 Å². The molecule has 24 heavy (non-hydrogen) atoms. The second-order valence-electron chi connectivity index (χ2n) is 5.69. The fourth-order valence-corrected chi connectivity index (χ4v) is 2.91. The summed E-state index contributed by atoms with van der Waals surface area (Å²) in [5, 5.41) is 6.42. The van der Waals surface area contributed by atoms with Gasteiger partial charge in [-0.25, -0.2) is 8.42 Å². The second kappa shape index (κ2) is 10.8. The van der Waals surface area contributed by atoms with E-state index in [1.807, 2.05) is 26.0 Å². The molecule has 0 fully saturated rings. The quantitative estimate of drug-likeness (QED) is 0.363. The number of rotatable bonds is 7. The van der Waals surface area contributed by atoms with Gasteiger partial charge in [0.15, 0.2) is 5.96 Å². The maximum Gasteiger partial charge on any atom is 0.191 e. The van der Waals surface area contributed by atoms with Crippen LogP contribution in [0.3, 0.4) is 0 Å². The molecule has 0 aliphatic rings. The molecule has 0 radical (unpaired) electrons. The Labute approximate surface area is 162 Å². The third-order valence-corrected chi connectivity index (χ3v) is 4.42. The monoisotopic (exact) mass is 469 g/mol. The van der Waals surface area contributed by atoms with Gasteiger partial charge in [-0.15, -0.1) is 24.0 Å². The van der Waals surface area contributed by atoms with Crippen molar-refractivity contribution in [2.24, 2.45) is 4.99 Å². The van der Waals surface area contributed by atoms with Crippen molar-refractivity contribution in [3.63, 3.8) is 0 Å². The van der Waals surface area contributed by atoms with Crippen molar-refractivity contribution in [1.29, 1.82) is 0 Å². The maximum absolute atomic E-state index is 11.2. The Kier molecular flexibility index (Phi) is 10.3. The molecule has 138 valence electrons. The predicted octanol–water partition coefficient (Wildman–Crippen LogP) is 2.11. The zero-order chi connectivity index (χ0) is 17.5. The molecule has 0 aliphatic heterocycles. The number of hydrogen-bond donors (Lipinski definition) is 2. The Morgan fingerprint density at radius 3 is 2.54 bits per heavy atom. The van der Waals surface area contributed by atoms with Crippen LogP contribution in [0.4, 0.5) is 0 Å². The molecule has 1 aromatic carbocycles. The van der Waals surface area contributed by atoms with Gasteiger partial charge in [0.25, 0.3) is 0 Å². The van der Waals surface area contributed by atoms with Gasteiger partial charge in [0.05, 0.1) is 12.9 Å². The molecule has 1 atom stereocenters. The van der Waals surface area contributed by atoms with Gasteiger partial charge < -0.3 is 15.4 Å². The average Bonchev–Trinajstić information content (AvgIpc) is 2.48. The van der Waals surface area contributed by atoms with Gasteiger partial charge in [0, 0.05) is 25.9 Å². The molecule has 0 saturated carbocycles. The Morgan fingerprint density at radius 2 is 2.04 bits per heavy atom. The number of sulfone groups is 1. The fourth-order valence-electron chi connectivity index (χ4n) is 2.13. The van der Waals surface area contributed by atoms with E-state index < -0.39 is 9.84 Å². The van der Waals surface area contributed by atoms with Crippen molar-refractivity contribution < 1.29 is 13.2 Å². The first kappa shape index (κ1) is 23.0. The van der Waals surface area contributed by atoms with Crippen LogP contribution in [-0.4, -0.2) is 46.6 Å². The predicted molar refractivity (Wildman–Crippen MR) is 110 cm³/mol. The molecule has 0 aromatic heterocycles. The summed E-state index contributed by atoms with van der Waals surface area (Å²) >= 11 is 0. The lowest BCUT2D eigenvalue weighted by Crippen LogP contribution is -2.42. The van der Waals surface area contributed by atoms with E-state index in [1.165, 1.54) is 6.26 Å². The van der Waals surface area contributed by atoms with Crippen molar-refractivity contribution in [3.05, 3.63) is 29.3 Å². The number of aryl methyl sites for hydroxylation is 1. The van der Waals surface area contributed by atoms with Crippen LogP contribution < -0.4 is 15.4 Å². The molecule has 0 heterocycles. The van der Waals surface area contributed by atoms with Crippen LogP contribution in [0.15, 0.2) is 23.2 Å². The summed E-state index contributed by atoms with van der Waals surface area (Å²) in [6.45, 7) is 4.57. The standard InChI is InChI=1S/C16H27N3O3S.HI/c1-12-10-14(6-7-15(12)22-4)11-18-16(17-3)19-13(2)8-9-23(5,20)21;/h6-7,10,13H,8-9,11H2,1-5H3,(H2,17,18,19);1H. The summed E-state index contributed by atoms with van der Waals surface area (Å²) in [5.74, 6) is 1.68. The molecule has 0 aliphatic carbocycles. The fraction of sp³-hybridized carbons (Fsp3) is 0.562. The van der Waals surface area contributed by atoms with E-state index in [4.69, 9.17) is 4.74 Å². The first-order valence-electron chi connectivity index (χ1n) is 7.53. The van der Waals surface area contributed by atoms with E-state index in [0.29, 0.717) is 18.9 Å². The highest BCUT2D eigenvalue weighted by Crippen LogP contribution is 2.18. The molecule has 1 aromatic rings. The topological polar surface area (TPSA) is 79.8 Å². The number of aliphatic imine (C=N–C) groups is 1. The number of methoxy groups -OCH3 is 1. The second-order valence-corrected chi connectivity index (χ2v) is 7.95.